The number of aryl methyl sites for hydroxylation is 1. The Balaban J connectivity index is 1.77. The van der Waals surface area contributed by atoms with Crippen LogP contribution < -0.4 is 5.32 Å². The average molecular weight is 283 g/mol. The highest BCUT2D eigenvalue weighted by Crippen LogP contribution is 2.37. The molecule has 1 aromatic heterocycles. The van der Waals surface area contributed by atoms with E-state index in [1.54, 1.807) is 11.1 Å². The Labute approximate surface area is 127 Å². The Morgan fingerprint density at radius 2 is 2.29 bits per heavy atom. The Hall–Kier alpha value is -1.61. The molecule has 2 aromatic rings. The lowest BCUT2D eigenvalue weighted by atomic mass is 9.79. The normalized spacial score (nSPS) is 19.2. The van der Waals surface area contributed by atoms with Crippen molar-refractivity contribution in [3.8, 4) is 0 Å². The van der Waals surface area contributed by atoms with Crippen molar-refractivity contribution >= 4 is 0 Å². The maximum absolute atomic E-state index is 4.47. The number of imidazole rings is 1. The van der Waals surface area contributed by atoms with E-state index in [1.165, 1.54) is 19.3 Å². The summed E-state index contributed by atoms with van der Waals surface area (Å²) in [6.45, 7) is 3.25. The van der Waals surface area contributed by atoms with Crippen molar-refractivity contribution in [2.24, 2.45) is 0 Å². The van der Waals surface area contributed by atoms with Gasteiger partial charge in [-0.25, -0.2) is 4.98 Å². The Morgan fingerprint density at radius 3 is 3.10 bits per heavy atom. The van der Waals surface area contributed by atoms with E-state index in [2.05, 4.69) is 46.5 Å². The number of nitrogens with one attached hydrogen (secondary N) is 2. The average Bonchev–Trinajstić information content (AvgIpc) is 3.06. The number of fused-ring (bicyclic) bond motifs is 1. The summed E-state index contributed by atoms with van der Waals surface area (Å²) in [6, 6.07) is 9.29. The van der Waals surface area contributed by atoms with E-state index in [9.17, 15) is 0 Å². The van der Waals surface area contributed by atoms with E-state index in [-0.39, 0.29) is 0 Å². The third-order valence-electron chi connectivity index (χ3n) is 4.50. The van der Waals surface area contributed by atoms with Gasteiger partial charge in [0.1, 0.15) is 5.82 Å². The first-order chi connectivity index (χ1) is 10.4. The zero-order valence-electron chi connectivity index (χ0n) is 12.8. The molecule has 3 heteroatoms. The van der Waals surface area contributed by atoms with Gasteiger partial charge in [-0.1, -0.05) is 31.2 Å². The predicted molar refractivity (Wildman–Crippen MR) is 86.4 cm³/mol. The smallest absolute Gasteiger partial charge is 0.123 e. The van der Waals surface area contributed by atoms with Crippen LogP contribution in [0.4, 0.5) is 0 Å². The first-order valence-electron chi connectivity index (χ1n) is 8.19. The van der Waals surface area contributed by atoms with Gasteiger partial charge in [-0.3, -0.25) is 0 Å². The molecule has 112 valence electrons. The number of aromatic amines is 1. The molecule has 0 aliphatic heterocycles. The Bertz CT molecular complexity index is 547. The molecule has 3 rings (SSSR count). The van der Waals surface area contributed by atoms with Crippen molar-refractivity contribution in [2.75, 3.05) is 6.54 Å². The van der Waals surface area contributed by atoms with Gasteiger partial charge in [0.2, 0.25) is 0 Å². The molecule has 0 fully saturated rings. The van der Waals surface area contributed by atoms with Crippen molar-refractivity contribution in [2.45, 2.75) is 51.0 Å². The summed E-state index contributed by atoms with van der Waals surface area (Å²) in [4.78, 5) is 7.76. The minimum Gasteiger partial charge on any atom is -0.347 e. The quantitative estimate of drug-likeness (QED) is 0.842. The highest BCUT2D eigenvalue weighted by molar-refractivity contribution is 5.32. The van der Waals surface area contributed by atoms with Gasteiger partial charge in [-0.2, -0.15) is 0 Å². The Kier molecular flexibility index (Phi) is 4.71. The van der Waals surface area contributed by atoms with Crippen LogP contribution in [0.15, 0.2) is 36.7 Å². The van der Waals surface area contributed by atoms with Crippen molar-refractivity contribution in [3.05, 3.63) is 53.6 Å². The molecular formula is C18H25N3. The zero-order chi connectivity index (χ0) is 14.5. The molecule has 2 atom stereocenters. The number of benzene rings is 1. The third-order valence-corrected chi connectivity index (χ3v) is 4.50. The number of nitrogens with zero attached hydrogens (tertiary/aromatic N) is 1. The highest BCUT2D eigenvalue weighted by atomic mass is 15.0. The summed E-state index contributed by atoms with van der Waals surface area (Å²) >= 11 is 0. The van der Waals surface area contributed by atoms with E-state index in [0.29, 0.717) is 12.0 Å². The number of H-pyrrole nitrogens is 1. The summed E-state index contributed by atoms with van der Waals surface area (Å²) in [6.07, 6.45) is 9.89. The van der Waals surface area contributed by atoms with Crippen LogP contribution in [0, 0.1) is 0 Å². The number of rotatable bonds is 6. The van der Waals surface area contributed by atoms with Gasteiger partial charge in [0.05, 0.1) is 6.04 Å². The second-order valence-corrected chi connectivity index (χ2v) is 6.00. The molecular weight excluding hydrogens is 258 g/mol. The fraction of sp³-hybridized carbons (Fsp3) is 0.500. The summed E-state index contributed by atoms with van der Waals surface area (Å²) in [5.74, 6) is 1.72. The fourth-order valence-electron chi connectivity index (χ4n) is 3.46. The molecule has 0 radical (unpaired) electrons. The van der Waals surface area contributed by atoms with E-state index >= 15 is 0 Å². The first-order valence-corrected chi connectivity index (χ1v) is 8.19. The molecule has 21 heavy (non-hydrogen) atoms. The maximum atomic E-state index is 4.47. The van der Waals surface area contributed by atoms with Crippen molar-refractivity contribution in [1.82, 2.24) is 15.3 Å². The second-order valence-electron chi connectivity index (χ2n) is 6.00. The highest BCUT2D eigenvalue weighted by Gasteiger charge is 2.24. The van der Waals surface area contributed by atoms with Crippen LogP contribution in [-0.4, -0.2) is 16.5 Å². The second kappa shape index (κ2) is 6.90. The molecule has 0 amide bonds. The van der Waals surface area contributed by atoms with Crippen LogP contribution in [0.1, 0.15) is 61.5 Å². The molecule has 0 spiro atoms. The summed E-state index contributed by atoms with van der Waals surface area (Å²) in [5, 5.41) is 3.66. The van der Waals surface area contributed by atoms with Crippen molar-refractivity contribution in [3.63, 3.8) is 0 Å². The molecule has 2 unspecified atom stereocenters. The predicted octanol–water partition coefficient (Wildman–Crippen LogP) is 3.96. The minimum absolute atomic E-state index is 0.330. The standard InChI is InChI=1S/C18H25N3/c1-2-10-19-17(18-20-11-12-21-18)13-15-8-5-7-14-6-3-4-9-16(14)15/h3-4,6,9,11-12,15,17,19H,2,5,7-8,10,13H2,1H3,(H,20,21). The van der Waals surface area contributed by atoms with Gasteiger partial charge in [0.25, 0.3) is 0 Å². The third kappa shape index (κ3) is 3.35. The largest absolute Gasteiger partial charge is 0.347 e. The summed E-state index contributed by atoms with van der Waals surface area (Å²) in [5.41, 5.74) is 3.10. The molecule has 1 aromatic carbocycles. The minimum atomic E-state index is 0.330. The molecule has 1 aliphatic rings. The van der Waals surface area contributed by atoms with Crippen LogP contribution in [0.5, 0.6) is 0 Å². The van der Waals surface area contributed by atoms with E-state index in [0.717, 1.165) is 25.2 Å². The Morgan fingerprint density at radius 1 is 1.38 bits per heavy atom. The molecule has 1 heterocycles. The van der Waals surface area contributed by atoms with Gasteiger partial charge < -0.3 is 10.3 Å². The molecule has 0 saturated heterocycles. The van der Waals surface area contributed by atoms with Crippen molar-refractivity contribution in [1.29, 1.82) is 0 Å². The van der Waals surface area contributed by atoms with Crippen molar-refractivity contribution < 1.29 is 0 Å². The van der Waals surface area contributed by atoms with Crippen LogP contribution in [-0.2, 0) is 6.42 Å². The number of hydrogen-bond donors (Lipinski definition) is 2. The summed E-state index contributed by atoms with van der Waals surface area (Å²) < 4.78 is 0. The molecule has 0 saturated carbocycles. The van der Waals surface area contributed by atoms with Gasteiger partial charge in [0.15, 0.2) is 0 Å². The SMILES string of the molecule is CCCNC(CC1CCCc2ccccc21)c1ncc[nH]1. The van der Waals surface area contributed by atoms with Crippen LogP contribution in [0.25, 0.3) is 0 Å². The molecule has 2 N–H and O–H groups in total. The monoisotopic (exact) mass is 283 g/mol. The van der Waals surface area contributed by atoms with Crippen LogP contribution >= 0.6 is 0 Å². The van der Waals surface area contributed by atoms with Gasteiger partial charge in [0, 0.05) is 12.4 Å². The fourth-order valence-corrected chi connectivity index (χ4v) is 3.46. The topological polar surface area (TPSA) is 40.7 Å². The maximum Gasteiger partial charge on any atom is 0.123 e. The number of aromatic nitrogens is 2. The molecule has 1 aliphatic carbocycles. The van der Waals surface area contributed by atoms with Gasteiger partial charge in [-0.15, -0.1) is 0 Å². The van der Waals surface area contributed by atoms with E-state index in [1.807, 2.05) is 12.4 Å². The van der Waals surface area contributed by atoms with Gasteiger partial charge in [-0.05, 0) is 55.7 Å². The number of hydrogen-bond acceptors (Lipinski definition) is 2. The molecule has 3 nitrogen and oxygen atoms in total. The zero-order valence-corrected chi connectivity index (χ0v) is 12.8. The first kappa shape index (κ1) is 14.3. The summed E-state index contributed by atoms with van der Waals surface area (Å²) in [7, 11) is 0. The lowest BCUT2D eigenvalue weighted by Crippen LogP contribution is -2.26. The lowest BCUT2D eigenvalue weighted by Gasteiger charge is -2.29. The van der Waals surface area contributed by atoms with E-state index < -0.39 is 0 Å². The molecule has 0 bridgehead atoms. The van der Waals surface area contributed by atoms with Crippen LogP contribution in [0.2, 0.25) is 0 Å². The van der Waals surface area contributed by atoms with Gasteiger partial charge >= 0.3 is 0 Å². The van der Waals surface area contributed by atoms with Crippen LogP contribution in [0.3, 0.4) is 0 Å². The van der Waals surface area contributed by atoms with E-state index in [4.69, 9.17) is 0 Å². The lowest BCUT2D eigenvalue weighted by molar-refractivity contribution is 0.408.